The third-order valence-electron chi connectivity index (χ3n) is 4.34. The van der Waals surface area contributed by atoms with Crippen LogP contribution < -0.4 is 15.6 Å². The maximum absolute atomic E-state index is 14.0. The maximum Gasteiger partial charge on any atom is 0.295 e. The van der Waals surface area contributed by atoms with Crippen molar-refractivity contribution in [1.29, 1.82) is 0 Å². The Hall–Kier alpha value is -3.07. The number of nitrogens with zero attached hydrogens (tertiary/aromatic N) is 3. The van der Waals surface area contributed by atoms with Crippen molar-refractivity contribution in [3.63, 3.8) is 0 Å². The number of pyridine rings is 1. The summed E-state index contributed by atoms with van der Waals surface area (Å²) in [6.07, 6.45) is 1.53. The van der Waals surface area contributed by atoms with E-state index in [1.807, 2.05) is 13.8 Å². The summed E-state index contributed by atoms with van der Waals surface area (Å²) in [5, 5.41) is 13.4. The van der Waals surface area contributed by atoms with Crippen LogP contribution in [0.3, 0.4) is 0 Å². The van der Waals surface area contributed by atoms with E-state index in [-0.39, 0.29) is 24.1 Å². The largest absolute Gasteiger partial charge is 0.448 e. The average molecular weight is 404 g/mol. The van der Waals surface area contributed by atoms with E-state index in [1.165, 1.54) is 23.8 Å². The van der Waals surface area contributed by atoms with Gasteiger partial charge in [-0.3, -0.25) is 9.36 Å². The number of ether oxygens (including phenoxy) is 1. The second kappa shape index (κ2) is 8.52. The van der Waals surface area contributed by atoms with Crippen molar-refractivity contribution >= 4 is 17.0 Å². The Morgan fingerprint density at radius 1 is 1.24 bits per heavy atom. The molecule has 0 aliphatic heterocycles. The molecule has 7 nitrogen and oxygen atoms in total. The van der Waals surface area contributed by atoms with Gasteiger partial charge >= 0.3 is 0 Å². The lowest BCUT2D eigenvalue weighted by molar-refractivity contribution is 0.173. The van der Waals surface area contributed by atoms with Crippen molar-refractivity contribution in [3.05, 3.63) is 52.5 Å². The minimum atomic E-state index is -0.934. The Bertz CT molecular complexity index is 1090. The average Bonchev–Trinajstić information content (AvgIpc) is 2.67. The molecule has 2 heterocycles. The van der Waals surface area contributed by atoms with Gasteiger partial charge in [0.2, 0.25) is 5.95 Å². The molecule has 0 unspecified atom stereocenters. The molecular formula is C20H22F2N4O3. The number of anilines is 1. The SMILES string of the molecule is CC[C@@H](C)Nc1ncc2cc(Oc3ccc(F)cc3F)c(=O)n(C[C@@H](C)O)c2n1. The van der Waals surface area contributed by atoms with Crippen LogP contribution in [0.15, 0.2) is 35.3 Å². The highest BCUT2D eigenvalue weighted by molar-refractivity contribution is 5.77. The Labute approximate surface area is 166 Å². The monoisotopic (exact) mass is 404 g/mol. The third kappa shape index (κ3) is 4.68. The Morgan fingerprint density at radius 3 is 2.66 bits per heavy atom. The second-order valence-corrected chi connectivity index (χ2v) is 6.88. The molecule has 2 aromatic heterocycles. The summed E-state index contributed by atoms with van der Waals surface area (Å²) in [4.78, 5) is 21.6. The lowest BCUT2D eigenvalue weighted by atomic mass is 10.2. The first-order valence-corrected chi connectivity index (χ1v) is 9.26. The molecule has 0 fully saturated rings. The van der Waals surface area contributed by atoms with E-state index in [0.717, 1.165) is 18.6 Å². The topological polar surface area (TPSA) is 89.3 Å². The minimum Gasteiger partial charge on any atom is -0.448 e. The van der Waals surface area contributed by atoms with Crippen LogP contribution in [-0.4, -0.2) is 31.8 Å². The van der Waals surface area contributed by atoms with Gasteiger partial charge in [0, 0.05) is 23.7 Å². The second-order valence-electron chi connectivity index (χ2n) is 6.88. The number of halogens is 2. The molecule has 0 aliphatic carbocycles. The van der Waals surface area contributed by atoms with Gasteiger partial charge in [0.1, 0.15) is 11.5 Å². The van der Waals surface area contributed by atoms with E-state index in [0.29, 0.717) is 23.0 Å². The normalized spacial score (nSPS) is 13.3. The van der Waals surface area contributed by atoms with Crippen LogP contribution in [0.25, 0.3) is 11.0 Å². The highest BCUT2D eigenvalue weighted by atomic mass is 19.1. The van der Waals surface area contributed by atoms with Gasteiger partial charge in [0.15, 0.2) is 17.3 Å². The van der Waals surface area contributed by atoms with Gasteiger partial charge in [-0.15, -0.1) is 0 Å². The zero-order valence-corrected chi connectivity index (χ0v) is 16.3. The third-order valence-corrected chi connectivity index (χ3v) is 4.34. The van der Waals surface area contributed by atoms with Crippen molar-refractivity contribution < 1.29 is 18.6 Å². The number of fused-ring (bicyclic) bond motifs is 1. The molecule has 9 heteroatoms. The summed E-state index contributed by atoms with van der Waals surface area (Å²) >= 11 is 0. The van der Waals surface area contributed by atoms with Crippen molar-refractivity contribution in [3.8, 4) is 11.5 Å². The summed E-state index contributed by atoms with van der Waals surface area (Å²) < 4.78 is 33.7. The Balaban J connectivity index is 2.11. The molecule has 2 N–H and O–H groups in total. The van der Waals surface area contributed by atoms with Crippen LogP contribution in [0.1, 0.15) is 27.2 Å². The van der Waals surface area contributed by atoms with Gasteiger partial charge < -0.3 is 15.2 Å². The molecule has 3 rings (SSSR count). The fourth-order valence-electron chi connectivity index (χ4n) is 2.71. The summed E-state index contributed by atoms with van der Waals surface area (Å²) in [6, 6.07) is 4.33. The predicted molar refractivity (Wildman–Crippen MR) is 105 cm³/mol. The van der Waals surface area contributed by atoms with Gasteiger partial charge in [0.25, 0.3) is 5.56 Å². The van der Waals surface area contributed by atoms with Gasteiger partial charge in [-0.05, 0) is 38.5 Å². The summed E-state index contributed by atoms with van der Waals surface area (Å²) in [5.74, 6) is -1.81. The molecule has 0 bridgehead atoms. The van der Waals surface area contributed by atoms with Gasteiger partial charge in [-0.25, -0.2) is 13.8 Å². The van der Waals surface area contributed by atoms with Crippen LogP contribution in [0.5, 0.6) is 11.5 Å². The summed E-state index contributed by atoms with van der Waals surface area (Å²) in [5.41, 5.74) is -0.293. The van der Waals surface area contributed by atoms with Gasteiger partial charge in [-0.1, -0.05) is 6.92 Å². The minimum absolute atomic E-state index is 0.0434. The maximum atomic E-state index is 14.0. The number of hydrogen-bond donors (Lipinski definition) is 2. The first-order chi connectivity index (χ1) is 13.8. The molecule has 3 aromatic rings. The molecule has 29 heavy (non-hydrogen) atoms. The van der Waals surface area contributed by atoms with E-state index in [4.69, 9.17) is 4.74 Å². The van der Waals surface area contributed by atoms with Crippen molar-refractivity contribution in [2.75, 3.05) is 5.32 Å². The molecule has 0 aliphatic rings. The molecule has 0 amide bonds. The number of benzene rings is 1. The van der Waals surface area contributed by atoms with Crippen molar-refractivity contribution in [2.45, 2.75) is 45.9 Å². The molecule has 154 valence electrons. The van der Waals surface area contributed by atoms with E-state index in [9.17, 15) is 18.7 Å². The number of rotatable bonds is 7. The number of aliphatic hydroxyl groups is 1. The van der Waals surface area contributed by atoms with Gasteiger partial charge in [0.05, 0.1) is 12.6 Å². The number of nitrogens with one attached hydrogen (secondary N) is 1. The van der Waals surface area contributed by atoms with Crippen molar-refractivity contribution in [2.24, 2.45) is 0 Å². The van der Waals surface area contributed by atoms with Crippen LogP contribution in [0, 0.1) is 11.6 Å². The standard InChI is InChI=1S/C20H22F2N4O3/c1-4-11(2)24-20-23-9-13-7-17(29-16-6-5-14(21)8-15(16)22)19(28)26(10-12(3)27)18(13)25-20/h5-9,11-12,27H,4,10H2,1-3H3,(H,23,24,25)/t11-,12-/m1/s1. The van der Waals surface area contributed by atoms with E-state index >= 15 is 0 Å². The first-order valence-electron chi connectivity index (χ1n) is 9.26. The van der Waals surface area contributed by atoms with Crippen molar-refractivity contribution in [1.82, 2.24) is 14.5 Å². The Morgan fingerprint density at radius 2 is 2.00 bits per heavy atom. The van der Waals surface area contributed by atoms with Gasteiger partial charge in [-0.2, -0.15) is 4.98 Å². The lowest BCUT2D eigenvalue weighted by Crippen LogP contribution is -2.27. The smallest absolute Gasteiger partial charge is 0.295 e. The fourth-order valence-corrected chi connectivity index (χ4v) is 2.71. The van der Waals surface area contributed by atoms with E-state index in [2.05, 4.69) is 15.3 Å². The molecule has 0 saturated carbocycles. The lowest BCUT2D eigenvalue weighted by Gasteiger charge is -2.16. The molecule has 2 atom stereocenters. The van der Waals surface area contributed by atoms with Crippen LogP contribution in [0.4, 0.5) is 14.7 Å². The molecule has 0 radical (unpaired) electrons. The highest BCUT2D eigenvalue weighted by Crippen LogP contribution is 2.25. The van der Waals surface area contributed by atoms with Crippen LogP contribution >= 0.6 is 0 Å². The zero-order valence-electron chi connectivity index (χ0n) is 16.3. The molecular weight excluding hydrogens is 382 g/mol. The number of hydrogen-bond acceptors (Lipinski definition) is 6. The number of aromatic nitrogens is 3. The quantitative estimate of drug-likeness (QED) is 0.627. The van der Waals surface area contributed by atoms with E-state index < -0.39 is 23.3 Å². The zero-order chi connectivity index (χ0) is 21.1. The van der Waals surface area contributed by atoms with E-state index in [1.54, 1.807) is 0 Å². The number of aliphatic hydroxyl groups excluding tert-OH is 1. The molecule has 1 aromatic carbocycles. The summed E-state index contributed by atoms with van der Waals surface area (Å²) in [7, 11) is 0. The molecule has 0 saturated heterocycles. The fraction of sp³-hybridized carbons (Fsp3) is 0.350. The molecule has 0 spiro atoms. The highest BCUT2D eigenvalue weighted by Gasteiger charge is 2.17. The summed E-state index contributed by atoms with van der Waals surface area (Å²) in [6.45, 7) is 5.48. The van der Waals surface area contributed by atoms with Crippen LogP contribution in [0.2, 0.25) is 0 Å². The first kappa shape index (κ1) is 20.7. The Kier molecular flexibility index (Phi) is 6.07. The van der Waals surface area contributed by atoms with Crippen LogP contribution in [-0.2, 0) is 6.54 Å². The predicted octanol–water partition coefficient (Wildman–Crippen LogP) is 3.45.